The van der Waals surface area contributed by atoms with Crippen molar-refractivity contribution in [2.24, 2.45) is 34.5 Å². The van der Waals surface area contributed by atoms with E-state index < -0.39 is 0 Å². The summed E-state index contributed by atoms with van der Waals surface area (Å²) in [5, 5.41) is 0. The molecule has 19 heavy (non-hydrogen) atoms. The molecule has 0 N–H and O–H groups in total. The number of fused-ring (bicyclic) bond motifs is 3. The highest BCUT2D eigenvalue weighted by atomic mass is 16.5. The molecule has 0 radical (unpaired) electrons. The van der Waals surface area contributed by atoms with Gasteiger partial charge in [0, 0.05) is 0 Å². The van der Waals surface area contributed by atoms with Crippen LogP contribution in [0.5, 0.6) is 0 Å². The zero-order valence-corrected chi connectivity index (χ0v) is 13.9. The zero-order chi connectivity index (χ0) is 14.2. The predicted octanol–water partition coefficient (Wildman–Crippen LogP) is 4.90. The molecule has 1 saturated heterocycles. The van der Waals surface area contributed by atoms with Gasteiger partial charge >= 0.3 is 0 Å². The normalized spacial score (nSPS) is 49.7. The summed E-state index contributed by atoms with van der Waals surface area (Å²) in [4.78, 5) is 0. The number of hydrogen-bond donors (Lipinski definition) is 0. The van der Waals surface area contributed by atoms with E-state index in [0.717, 1.165) is 23.7 Å². The molecule has 0 aromatic rings. The van der Waals surface area contributed by atoms with E-state index in [2.05, 4.69) is 48.5 Å². The largest absolute Gasteiger partial charge is 0.372 e. The highest BCUT2D eigenvalue weighted by molar-refractivity contribution is 5.12. The molecule has 0 bridgehead atoms. The Bertz CT molecular complexity index is 379. The molecular weight excluding hydrogens is 232 g/mol. The summed E-state index contributed by atoms with van der Waals surface area (Å²) >= 11 is 0. The Balaban J connectivity index is 1.99. The van der Waals surface area contributed by atoms with Crippen LogP contribution in [0.4, 0.5) is 0 Å². The topological polar surface area (TPSA) is 9.23 Å². The van der Waals surface area contributed by atoms with Gasteiger partial charge in [-0.05, 0) is 67.6 Å². The number of ether oxygens (including phenoxy) is 1. The first-order chi connectivity index (χ1) is 8.57. The minimum atomic E-state index is 0.107. The summed E-state index contributed by atoms with van der Waals surface area (Å²) in [6, 6.07) is 0. The monoisotopic (exact) mass is 264 g/mol. The summed E-state index contributed by atoms with van der Waals surface area (Å²) in [5.74, 6) is 3.21. The van der Waals surface area contributed by atoms with Gasteiger partial charge in [0.2, 0.25) is 0 Å². The van der Waals surface area contributed by atoms with Gasteiger partial charge in [-0.25, -0.2) is 0 Å². The van der Waals surface area contributed by atoms with E-state index >= 15 is 0 Å². The van der Waals surface area contributed by atoms with E-state index in [9.17, 15) is 0 Å². The summed E-state index contributed by atoms with van der Waals surface area (Å²) in [5.41, 5.74) is 0.990. The smallest absolute Gasteiger partial charge is 0.0647 e. The molecule has 3 aliphatic rings. The molecule has 3 fully saturated rings. The van der Waals surface area contributed by atoms with Crippen LogP contribution < -0.4 is 0 Å². The van der Waals surface area contributed by atoms with Crippen molar-refractivity contribution in [2.75, 3.05) is 0 Å². The van der Waals surface area contributed by atoms with Crippen molar-refractivity contribution in [3.05, 3.63) is 0 Å². The molecule has 0 aromatic heterocycles. The van der Waals surface area contributed by atoms with Gasteiger partial charge < -0.3 is 4.74 Å². The lowest BCUT2D eigenvalue weighted by molar-refractivity contribution is -0.0952. The van der Waals surface area contributed by atoms with Gasteiger partial charge in [0.1, 0.15) is 0 Å². The third-order valence-electron chi connectivity index (χ3n) is 7.36. The molecule has 2 aliphatic carbocycles. The summed E-state index contributed by atoms with van der Waals surface area (Å²) in [7, 11) is 0. The van der Waals surface area contributed by atoms with Crippen molar-refractivity contribution in [3.8, 4) is 0 Å². The molecule has 1 heteroatoms. The van der Waals surface area contributed by atoms with Gasteiger partial charge in [-0.1, -0.05) is 34.6 Å². The SMILES string of the molecule is CC1C(C)(C)C2CCC3CC(C)(C)OC3C2C1(C)C. The van der Waals surface area contributed by atoms with Crippen LogP contribution in [-0.4, -0.2) is 11.7 Å². The number of rotatable bonds is 0. The lowest BCUT2D eigenvalue weighted by Crippen LogP contribution is -2.42. The maximum Gasteiger partial charge on any atom is 0.0647 e. The first-order valence-corrected chi connectivity index (χ1v) is 8.25. The average molecular weight is 264 g/mol. The second kappa shape index (κ2) is 3.78. The van der Waals surface area contributed by atoms with Crippen LogP contribution in [0.15, 0.2) is 0 Å². The highest BCUT2D eigenvalue weighted by Crippen LogP contribution is 2.67. The molecule has 5 atom stereocenters. The molecule has 0 amide bonds. The van der Waals surface area contributed by atoms with Crippen LogP contribution in [0.1, 0.15) is 67.7 Å². The summed E-state index contributed by atoms with van der Waals surface area (Å²) < 4.78 is 6.54. The molecular formula is C18H32O. The first-order valence-electron chi connectivity index (χ1n) is 8.25. The zero-order valence-electron chi connectivity index (χ0n) is 13.9. The third-order valence-corrected chi connectivity index (χ3v) is 7.36. The van der Waals surface area contributed by atoms with Crippen molar-refractivity contribution in [3.63, 3.8) is 0 Å². The van der Waals surface area contributed by atoms with Gasteiger partial charge in [-0.3, -0.25) is 0 Å². The molecule has 1 nitrogen and oxygen atoms in total. The molecule has 1 heterocycles. The molecule has 110 valence electrons. The molecule has 1 aliphatic heterocycles. The second-order valence-corrected chi connectivity index (χ2v) is 9.38. The maximum atomic E-state index is 6.54. The van der Waals surface area contributed by atoms with Crippen LogP contribution in [0.2, 0.25) is 0 Å². The fourth-order valence-corrected chi connectivity index (χ4v) is 6.04. The second-order valence-electron chi connectivity index (χ2n) is 9.38. The molecule has 5 unspecified atom stereocenters. The fraction of sp³-hybridized carbons (Fsp3) is 1.00. The van der Waals surface area contributed by atoms with E-state index in [1.165, 1.54) is 19.3 Å². The third kappa shape index (κ3) is 1.76. The van der Waals surface area contributed by atoms with Crippen LogP contribution in [-0.2, 0) is 4.74 Å². The molecule has 0 aromatic carbocycles. The van der Waals surface area contributed by atoms with E-state index in [0.29, 0.717) is 16.9 Å². The Morgan fingerprint density at radius 2 is 1.53 bits per heavy atom. The minimum Gasteiger partial charge on any atom is -0.372 e. The Kier molecular flexibility index (Phi) is 2.77. The van der Waals surface area contributed by atoms with Gasteiger partial charge in [0.15, 0.2) is 0 Å². The van der Waals surface area contributed by atoms with Crippen molar-refractivity contribution in [1.82, 2.24) is 0 Å². The minimum absolute atomic E-state index is 0.107. The Hall–Kier alpha value is -0.0400. The fourth-order valence-electron chi connectivity index (χ4n) is 6.04. The average Bonchev–Trinajstić information content (AvgIpc) is 2.65. The molecule has 0 spiro atoms. The van der Waals surface area contributed by atoms with Gasteiger partial charge in [-0.2, -0.15) is 0 Å². The first kappa shape index (κ1) is 13.9. The molecule has 2 saturated carbocycles. The van der Waals surface area contributed by atoms with Crippen LogP contribution in [0.3, 0.4) is 0 Å². The van der Waals surface area contributed by atoms with E-state index in [1.54, 1.807) is 0 Å². The Labute approximate surface area is 119 Å². The van der Waals surface area contributed by atoms with E-state index in [1.807, 2.05) is 0 Å². The summed E-state index contributed by atoms with van der Waals surface area (Å²) in [6.45, 7) is 17.1. The quantitative estimate of drug-likeness (QED) is 0.605. The van der Waals surface area contributed by atoms with Crippen molar-refractivity contribution in [2.45, 2.75) is 79.4 Å². The van der Waals surface area contributed by atoms with Crippen LogP contribution >= 0.6 is 0 Å². The summed E-state index contributed by atoms with van der Waals surface area (Å²) in [6.07, 6.45) is 4.60. The lowest BCUT2D eigenvalue weighted by atomic mass is 9.64. The van der Waals surface area contributed by atoms with Crippen molar-refractivity contribution < 1.29 is 4.74 Å². The molecule has 3 rings (SSSR count). The lowest BCUT2D eigenvalue weighted by Gasteiger charge is -2.43. The van der Waals surface area contributed by atoms with Crippen molar-refractivity contribution in [1.29, 1.82) is 0 Å². The highest BCUT2D eigenvalue weighted by Gasteiger charge is 2.64. The van der Waals surface area contributed by atoms with Crippen LogP contribution in [0.25, 0.3) is 0 Å². The standard InChI is InChI=1S/C18H32O/c1-11-17(4,5)13-9-8-12-10-16(2,3)19-15(12)14(13)18(11,6)7/h11-15H,8-10H2,1-7H3. The van der Waals surface area contributed by atoms with Gasteiger partial charge in [0.25, 0.3) is 0 Å². The number of hydrogen-bond acceptors (Lipinski definition) is 1. The Morgan fingerprint density at radius 1 is 0.895 bits per heavy atom. The van der Waals surface area contributed by atoms with Crippen molar-refractivity contribution >= 4 is 0 Å². The van der Waals surface area contributed by atoms with E-state index in [4.69, 9.17) is 4.74 Å². The Morgan fingerprint density at radius 3 is 2.16 bits per heavy atom. The van der Waals surface area contributed by atoms with Gasteiger partial charge in [0.05, 0.1) is 11.7 Å². The van der Waals surface area contributed by atoms with Gasteiger partial charge in [-0.15, -0.1) is 0 Å². The van der Waals surface area contributed by atoms with E-state index in [-0.39, 0.29) is 5.60 Å². The predicted molar refractivity (Wildman–Crippen MR) is 80.0 cm³/mol. The van der Waals surface area contributed by atoms with Crippen LogP contribution in [0, 0.1) is 34.5 Å². The maximum absolute atomic E-state index is 6.54.